The molecule has 0 N–H and O–H groups in total. The molecule has 0 radical (unpaired) electrons. The molecule has 0 amide bonds. The summed E-state index contributed by atoms with van der Waals surface area (Å²) in [7, 11) is -1.96. The topological polar surface area (TPSA) is 55.2 Å². The number of hydrogen-bond acceptors (Lipinski definition) is 3. The van der Waals surface area contributed by atoms with Crippen LogP contribution in [0.4, 0.5) is 0 Å². The van der Waals surface area contributed by atoms with Crippen molar-refractivity contribution >= 4 is 21.6 Å². The Morgan fingerprint density at radius 3 is 2.50 bits per heavy atom. The van der Waals surface area contributed by atoms with Gasteiger partial charge >= 0.3 is 0 Å². The van der Waals surface area contributed by atoms with E-state index < -0.39 is 10.0 Å². The lowest BCUT2D eigenvalue weighted by Crippen LogP contribution is -2.26. The van der Waals surface area contributed by atoms with Crippen molar-refractivity contribution in [1.82, 2.24) is 14.1 Å². The molecule has 0 unspecified atom stereocenters. The molecule has 20 heavy (non-hydrogen) atoms. The third-order valence-corrected chi connectivity index (χ3v) is 5.01. The minimum absolute atomic E-state index is 0.229. The fourth-order valence-electron chi connectivity index (χ4n) is 1.79. The maximum absolute atomic E-state index is 12.4. The molecule has 0 saturated heterocycles. The number of aromatic nitrogens is 2. The Labute approximate surface area is 123 Å². The molecule has 0 atom stereocenters. The first kappa shape index (κ1) is 15.0. The Kier molecular flexibility index (Phi) is 4.47. The summed E-state index contributed by atoms with van der Waals surface area (Å²) in [6.45, 7) is 3.02. The highest BCUT2D eigenvalue weighted by Crippen LogP contribution is 2.18. The summed E-state index contributed by atoms with van der Waals surface area (Å²) in [4.78, 5) is 0.229. The van der Waals surface area contributed by atoms with Crippen molar-refractivity contribution < 1.29 is 8.42 Å². The van der Waals surface area contributed by atoms with Crippen LogP contribution < -0.4 is 0 Å². The molecule has 0 bridgehead atoms. The third kappa shape index (κ3) is 3.20. The average Bonchev–Trinajstić information content (AvgIpc) is 2.87. The van der Waals surface area contributed by atoms with Crippen LogP contribution in [0.5, 0.6) is 0 Å². The summed E-state index contributed by atoms with van der Waals surface area (Å²) in [5.74, 6) is 0. The largest absolute Gasteiger partial charge is 0.273 e. The van der Waals surface area contributed by atoms with Crippen LogP contribution in [-0.4, -0.2) is 29.6 Å². The summed E-state index contributed by atoms with van der Waals surface area (Å²) >= 11 is 5.77. The van der Waals surface area contributed by atoms with Gasteiger partial charge in [-0.2, -0.15) is 9.40 Å². The molecule has 1 aromatic heterocycles. The Hall–Kier alpha value is -1.37. The van der Waals surface area contributed by atoms with Gasteiger partial charge in [0.15, 0.2) is 0 Å². The van der Waals surface area contributed by atoms with Gasteiger partial charge in [0.05, 0.1) is 11.1 Å². The van der Waals surface area contributed by atoms with E-state index in [2.05, 4.69) is 5.10 Å². The molecule has 1 heterocycles. The smallest absolute Gasteiger partial charge is 0.243 e. The second kappa shape index (κ2) is 5.95. The zero-order chi connectivity index (χ0) is 14.8. The first-order valence-electron chi connectivity index (χ1n) is 6.16. The first-order valence-corrected chi connectivity index (χ1v) is 7.98. The second-order valence-electron chi connectivity index (χ2n) is 4.42. The maximum Gasteiger partial charge on any atom is 0.243 e. The Balaban J connectivity index is 2.18. The van der Waals surface area contributed by atoms with E-state index in [9.17, 15) is 8.42 Å². The van der Waals surface area contributed by atoms with Crippen molar-refractivity contribution in [1.29, 1.82) is 0 Å². The zero-order valence-electron chi connectivity index (χ0n) is 11.3. The van der Waals surface area contributed by atoms with Gasteiger partial charge in [0, 0.05) is 36.9 Å². The van der Waals surface area contributed by atoms with Crippen LogP contribution in [0.25, 0.3) is 0 Å². The number of halogens is 1. The maximum atomic E-state index is 12.4. The molecule has 5 nitrogen and oxygen atoms in total. The van der Waals surface area contributed by atoms with Crippen LogP contribution in [0.2, 0.25) is 5.02 Å². The molecule has 2 rings (SSSR count). The molecule has 0 fully saturated rings. The average molecular weight is 314 g/mol. The fourth-order valence-corrected chi connectivity index (χ4v) is 3.07. The van der Waals surface area contributed by atoms with Crippen LogP contribution >= 0.6 is 11.6 Å². The van der Waals surface area contributed by atoms with Crippen LogP contribution in [0, 0.1) is 0 Å². The molecule has 0 aliphatic heterocycles. The first-order chi connectivity index (χ1) is 9.43. The lowest BCUT2D eigenvalue weighted by molar-refractivity contribution is 0.466. The van der Waals surface area contributed by atoms with Gasteiger partial charge in [-0.3, -0.25) is 4.68 Å². The molecular weight excluding hydrogens is 298 g/mol. The van der Waals surface area contributed by atoms with Gasteiger partial charge in [-0.25, -0.2) is 8.42 Å². The Bertz CT molecular complexity index is 680. The van der Waals surface area contributed by atoms with Crippen LogP contribution in [0.15, 0.2) is 41.6 Å². The van der Waals surface area contributed by atoms with E-state index in [-0.39, 0.29) is 11.4 Å². The van der Waals surface area contributed by atoms with E-state index in [0.717, 1.165) is 12.1 Å². The number of sulfonamides is 1. The molecule has 0 spiro atoms. The van der Waals surface area contributed by atoms with Gasteiger partial charge in [-0.1, -0.05) is 11.6 Å². The summed E-state index contributed by atoms with van der Waals surface area (Å²) in [6.07, 6.45) is 3.52. The van der Waals surface area contributed by atoms with E-state index >= 15 is 0 Å². The van der Waals surface area contributed by atoms with Gasteiger partial charge in [0.2, 0.25) is 10.0 Å². The van der Waals surface area contributed by atoms with Crippen LogP contribution in [-0.2, 0) is 23.1 Å². The van der Waals surface area contributed by atoms with Crippen molar-refractivity contribution in [3.8, 4) is 0 Å². The number of hydrogen-bond donors (Lipinski definition) is 0. The van der Waals surface area contributed by atoms with Crippen molar-refractivity contribution in [3.63, 3.8) is 0 Å². The van der Waals surface area contributed by atoms with E-state index in [1.807, 2.05) is 13.1 Å². The zero-order valence-corrected chi connectivity index (χ0v) is 12.9. The Morgan fingerprint density at radius 2 is 1.95 bits per heavy atom. The normalized spacial score (nSPS) is 12.0. The number of aryl methyl sites for hydroxylation is 1. The van der Waals surface area contributed by atoms with Crippen molar-refractivity contribution in [2.75, 3.05) is 7.05 Å². The molecule has 0 aliphatic rings. The lowest BCUT2D eigenvalue weighted by Gasteiger charge is -2.16. The number of nitrogens with zero attached hydrogens (tertiary/aromatic N) is 3. The predicted molar refractivity (Wildman–Crippen MR) is 78.0 cm³/mol. The monoisotopic (exact) mass is 313 g/mol. The minimum atomic E-state index is -3.51. The highest BCUT2D eigenvalue weighted by Gasteiger charge is 2.21. The van der Waals surface area contributed by atoms with E-state index in [1.54, 1.807) is 30.1 Å². The molecule has 1 aromatic carbocycles. The second-order valence-corrected chi connectivity index (χ2v) is 6.90. The quantitative estimate of drug-likeness (QED) is 0.851. The minimum Gasteiger partial charge on any atom is -0.273 e. The van der Waals surface area contributed by atoms with E-state index in [1.165, 1.54) is 16.4 Å². The molecule has 108 valence electrons. The summed E-state index contributed by atoms with van der Waals surface area (Å²) in [6, 6.07) is 6.14. The molecular formula is C13H16ClN3O2S. The van der Waals surface area contributed by atoms with E-state index in [4.69, 9.17) is 11.6 Å². The number of benzene rings is 1. The van der Waals surface area contributed by atoms with Gasteiger partial charge < -0.3 is 0 Å². The molecule has 2 aromatic rings. The standard InChI is InChI=1S/C13H16ClN3O2S/c1-3-17-10-11(8-15-17)9-16(2)20(18,19)13-6-4-12(14)5-7-13/h4-8,10H,3,9H2,1-2H3. The lowest BCUT2D eigenvalue weighted by atomic mass is 10.4. The van der Waals surface area contributed by atoms with Crippen molar-refractivity contribution in [2.24, 2.45) is 0 Å². The molecule has 0 saturated carbocycles. The SMILES string of the molecule is CCn1cc(CN(C)S(=O)(=O)c2ccc(Cl)cc2)cn1. The summed E-state index contributed by atoms with van der Waals surface area (Å²) in [5.41, 5.74) is 0.854. The van der Waals surface area contributed by atoms with Crippen molar-refractivity contribution in [3.05, 3.63) is 47.2 Å². The fraction of sp³-hybridized carbons (Fsp3) is 0.308. The summed E-state index contributed by atoms with van der Waals surface area (Å²) < 4.78 is 27.8. The molecule has 0 aliphatic carbocycles. The van der Waals surface area contributed by atoms with E-state index in [0.29, 0.717) is 5.02 Å². The molecule has 7 heteroatoms. The van der Waals surface area contributed by atoms with Crippen LogP contribution in [0.1, 0.15) is 12.5 Å². The number of rotatable bonds is 5. The third-order valence-electron chi connectivity index (χ3n) is 2.94. The van der Waals surface area contributed by atoms with Gasteiger partial charge in [-0.05, 0) is 31.2 Å². The predicted octanol–water partition coefficient (Wildman–Crippen LogP) is 2.38. The van der Waals surface area contributed by atoms with Crippen molar-refractivity contribution in [2.45, 2.75) is 24.9 Å². The summed E-state index contributed by atoms with van der Waals surface area (Å²) in [5, 5.41) is 4.64. The highest BCUT2D eigenvalue weighted by molar-refractivity contribution is 7.89. The van der Waals surface area contributed by atoms with Gasteiger partial charge in [0.25, 0.3) is 0 Å². The van der Waals surface area contributed by atoms with Crippen LogP contribution in [0.3, 0.4) is 0 Å². The van der Waals surface area contributed by atoms with Gasteiger partial charge in [-0.15, -0.1) is 0 Å². The highest BCUT2D eigenvalue weighted by atomic mass is 35.5. The van der Waals surface area contributed by atoms with Gasteiger partial charge in [0.1, 0.15) is 0 Å². The Morgan fingerprint density at radius 1 is 1.30 bits per heavy atom.